The number of nitrogens with one attached hydrogen (secondary N) is 1. The zero-order valence-corrected chi connectivity index (χ0v) is 22.6. The molecule has 1 amide bonds. The number of hydrogen-bond donors (Lipinski definition) is 1. The van der Waals surface area contributed by atoms with E-state index >= 15 is 0 Å². The summed E-state index contributed by atoms with van der Waals surface area (Å²) in [5.74, 6) is -1.07. The van der Waals surface area contributed by atoms with Crippen LogP contribution in [0.2, 0.25) is 5.02 Å². The van der Waals surface area contributed by atoms with Gasteiger partial charge in [-0.3, -0.25) is 4.79 Å². The number of carbonyl (C=O) groups excluding carboxylic acids is 3. The SMILES string of the molecule is O=C(/C=C/c1ccccc1OC(=O)c1ccc(Br)cc1)Oc1ccccc1/C=N/NC(=O)c1ccc(Cl)cc1. The highest BCUT2D eigenvalue weighted by molar-refractivity contribution is 9.10. The van der Waals surface area contributed by atoms with E-state index in [2.05, 4.69) is 26.5 Å². The third-order valence-electron chi connectivity index (χ3n) is 5.21. The fraction of sp³-hybridized carbons (Fsp3) is 0. The highest BCUT2D eigenvalue weighted by Crippen LogP contribution is 2.22. The summed E-state index contributed by atoms with van der Waals surface area (Å²) in [6, 6.07) is 26.7. The molecule has 0 saturated heterocycles. The van der Waals surface area contributed by atoms with E-state index in [4.69, 9.17) is 21.1 Å². The van der Waals surface area contributed by atoms with Gasteiger partial charge in [0.05, 0.1) is 11.8 Å². The summed E-state index contributed by atoms with van der Waals surface area (Å²) in [5, 5.41) is 4.47. The molecule has 0 spiro atoms. The first kappa shape index (κ1) is 27.5. The lowest BCUT2D eigenvalue weighted by molar-refractivity contribution is -0.128. The molecule has 1 N–H and O–H groups in total. The van der Waals surface area contributed by atoms with Crippen LogP contribution in [0.25, 0.3) is 6.08 Å². The molecule has 9 heteroatoms. The van der Waals surface area contributed by atoms with Crippen molar-refractivity contribution in [2.75, 3.05) is 0 Å². The molecule has 4 aromatic carbocycles. The van der Waals surface area contributed by atoms with Crippen molar-refractivity contribution in [1.29, 1.82) is 0 Å². The molecule has 0 radical (unpaired) electrons. The second-order valence-corrected chi connectivity index (χ2v) is 9.28. The molecule has 0 atom stereocenters. The van der Waals surface area contributed by atoms with Crippen molar-refractivity contribution in [3.8, 4) is 11.5 Å². The van der Waals surface area contributed by atoms with Gasteiger partial charge in [-0.15, -0.1) is 0 Å². The van der Waals surface area contributed by atoms with E-state index in [9.17, 15) is 14.4 Å². The molecule has 0 unspecified atom stereocenters. The Bertz CT molecular complexity index is 1550. The average Bonchev–Trinajstić information content (AvgIpc) is 2.94. The van der Waals surface area contributed by atoms with Crippen LogP contribution < -0.4 is 14.9 Å². The largest absolute Gasteiger partial charge is 0.423 e. The molecule has 0 heterocycles. The molecule has 0 aromatic heterocycles. The molecular formula is C30H20BrClN2O5. The number of nitrogens with zero attached hydrogens (tertiary/aromatic N) is 1. The number of ether oxygens (including phenoxy) is 2. The van der Waals surface area contributed by atoms with Crippen LogP contribution in [0.1, 0.15) is 31.8 Å². The average molecular weight is 604 g/mol. The minimum absolute atomic E-state index is 0.242. The number of hydrogen-bond acceptors (Lipinski definition) is 6. The Balaban J connectivity index is 1.40. The summed E-state index contributed by atoms with van der Waals surface area (Å²) in [7, 11) is 0. The molecule has 0 saturated carbocycles. The number of halogens is 2. The van der Waals surface area contributed by atoms with Gasteiger partial charge in [-0.1, -0.05) is 57.9 Å². The lowest BCUT2D eigenvalue weighted by atomic mass is 10.2. The maximum Gasteiger partial charge on any atom is 0.343 e. The summed E-state index contributed by atoms with van der Waals surface area (Å²) < 4.78 is 11.8. The van der Waals surface area contributed by atoms with E-state index in [0.717, 1.165) is 4.47 Å². The Hall–Kier alpha value is -4.53. The van der Waals surface area contributed by atoms with Gasteiger partial charge in [-0.05, 0) is 72.8 Å². The van der Waals surface area contributed by atoms with Crippen molar-refractivity contribution in [2.45, 2.75) is 0 Å². The van der Waals surface area contributed by atoms with Gasteiger partial charge >= 0.3 is 11.9 Å². The summed E-state index contributed by atoms with van der Waals surface area (Å²) in [5.41, 5.74) is 4.19. The van der Waals surface area contributed by atoms with E-state index in [1.807, 2.05) is 0 Å². The predicted octanol–water partition coefficient (Wildman–Crippen LogP) is 6.70. The first-order chi connectivity index (χ1) is 18.9. The third kappa shape index (κ3) is 7.98. The van der Waals surface area contributed by atoms with Crippen LogP contribution >= 0.6 is 27.5 Å². The number of hydrazone groups is 1. The van der Waals surface area contributed by atoms with E-state index < -0.39 is 17.8 Å². The predicted molar refractivity (Wildman–Crippen MR) is 153 cm³/mol. The number of para-hydroxylation sites is 2. The van der Waals surface area contributed by atoms with Crippen molar-refractivity contribution >= 4 is 57.7 Å². The van der Waals surface area contributed by atoms with Gasteiger partial charge in [-0.2, -0.15) is 5.10 Å². The highest BCUT2D eigenvalue weighted by atomic mass is 79.9. The first-order valence-electron chi connectivity index (χ1n) is 11.5. The van der Waals surface area contributed by atoms with Gasteiger partial charge in [0.25, 0.3) is 5.91 Å². The van der Waals surface area contributed by atoms with E-state index in [1.54, 1.807) is 97.1 Å². The quantitative estimate of drug-likeness (QED) is 0.0795. The number of rotatable bonds is 8. The van der Waals surface area contributed by atoms with Gasteiger partial charge in [0.1, 0.15) is 11.5 Å². The monoisotopic (exact) mass is 602 g/mol. The summed E-state index contributed by atoms with van der Waals surface area (Å²) in [6.07, 6.45) is 4.09. The second kappa shape index (κ2) is 13.3. The van der Waals surface area contributed by atoms with Gasteiger partial charge in [0.2, 0.25) is 0 Å². The van der Waals surface area contributed by atoms with Crippen LogP contribution in [0, 0.1) is 0 Å². The maximum atomic E-state index is 12.6. The standard InChI is InChI=1S/C30H20BrClN2O5/c31-24-14-9-22(10-15-24)30(37)39-26-7-3-1-5-20(26)13-18-28(35)38-27-8-4-2-6-23(27)19-33-34-29(36)21-11-16-25(32)17-12-21/h1-19H,(H,34,36)/b18-13+,33-19+. The van der Waals surface area contributed by atoms with Crippen molar-refractivity contribution in [3.63, 3.8) is 0 Å². The molecule has 0 aliphatic rings. The molecular weight excluding hydrogens is 584 g/mol. The molecule has 0 fully saturated rings. The van der Waals surface area contributed by atoms with Crippen LogP contribution in [-0.2, 0) is 4.79 Å². The lowest BCUT2D eigenvalue weighted by Gasteiger charge is -2.08. The van der Waals surface area contributed by atoms with Crippen LogP contribution in [-0.4, -0.2) is 24.1 Å². The second-order valence-electron chi connectivity index (χ2n) is 7.93. The third-order valence-corrected chi connectivity index (χ3v) is 5.99. The Morgan fingerprint density at radius 1 is 0.744 bits per heavy atom. The number of benzene rings is 4. The zero-order chi connectivity index (χ0) is 27.6. The highest BCUT2D eigenvalue weighted by Gasteiger charge is 2.11. The van der Waals surface area contributed by atoms with Gasteiger partial charge in [0, 0.05) is 32.3 Å². The Labute approximate surface area is 237 Å². The van der Waals surface area contributed by atoms with E-state index in [-0.39, 0.29) is 5.75 Å². The topological polar surface area (TPSA) is 94.1 Å². The smallest absolute Gasteiger partial charge is 0.343 e. The summed E-state index contributed by atoms with van der Waals surface area (Å²) in [6.45, 7) is 0. The molecule has 4 aromatic rings. The fourth-order valence-electron chi connectivity index (χ4n) is 3.26. The number of esters is 2. The fourth-order valence-corrected chi connectivity index (χ4v) is 3.65. The number of carbonyl (C=O) groups is 3. The molecule has 0 aliphatic heterocycles. The van der Waals surface area contributed by atoms with E-state index in [0.29, 0.717) is 33.0 Å². The molecule has 7 nitrogen and oxygen atoms in total. The Kier molecular flexibility index (Phi) is 9.39. The van der Waals surface area contributed by atoms with Gasteiger partial charge in [-0.25, -0.2) is 15.0 Å². The minimum atomic E-state index is -0.657. The summed E-state index contributed by atoms with van der Waals surface area (Å²) in [4.78, 5) is 37.3. The van der Waals surface area contributed by atoms with Crippen LogP contribution in [0.3, 0.4) is 0 Å². The van der Waals surface area contributed by atoms with Crippen LogP contribution in [0.15, 0.2) is 113 Å². The maximum absolute atomic E-state index is 12.6. The van der Waals surface area contributed by atoms with Crippen LogP contribution in [0.4, 0.5) is 0 Å². The first-order valence-corrected chi connectivity index (χ1v) is 12.7. The van der Waals surface area contributed by atoms with E-state index in [1.165, 1.54) is 18.4 Å². The van der Waals surface area contributed by atoms with Crippen LogP contribution in [0.5, 0.6) is 11.5 Å². The van der Waals surface area contributed by atoms with Crippen molar-refractivity contribution < 1.29 is 23.9 Å². The Morgan fingerprint density at radius 2 is 1.33 bits per heavy atom. The lowest BCUT2D eigenvalue weighted by Crippen LogP contribution is -2.17. The van der Waals surface area contributed by atoms with Crippen molar-refractivity contribution in [3.05, 3.63) is 135 Å². The summed E-state index contributed by atoms with van der Waals surface area (Å²) >= 11 is 9.17. The zero-order valence-electron chi connectivity index (χ0n) is 20.2. The van der Waals surface area contributed by atoms with Gasteiger partial charge in [0.15, 0.2) is 0 Å². The van der Waals surface area contributed by atoms with Gasteiger partial charge < -0.3 is 9.47 Å². The normalized spacial score (nSPS) is 10.9. The molecule has 39 heavy (non-hydrogen) atoms. The molecule has 194 valence electrons. The molecule has 0 aliphatic carbocycles. The molecule has 0 bridgehead atoms. The minimum Gasteiger partial charge on any atom is -0.423 e. The van der Waals surface area contributed by atoms with Crippen molar-refractivity contribution in [1.82, 2.24) is 5.43 Å². The van der Waals surface area contributed by atoms with Crippen molar-refractivity contribution in [2.24, 2.45) is 5.10 Å². The number of amides is 1. The molecule has 4 rings (SSSR count). The Morgan fingerprint density at radius 3 is 2.03 bits per heavy atom.